The summed E-state index contributed by atoms with van der Waals surface area (Å²) < 4.78 is 14.9. The van der Waals surface area contributed by atoms with Crippen LogP contribution >= 0.6 is 0 Å². The van der Waals surface area contributed by atoms with Crippen LogP contribution in [0.2, 0.25) is 0 Å². The number of methoxy groups -OCH3 is 3. The molecule has 3 atom stereocenters. The van der Waals surface area contributed by atoms with Gasteiger partial charge in [-0.3, -0.25) is 19.7 Å². The maximum absolute atomic E-state index is 13.0. The fourth-order valence-corrected chi connectivity index (χ4v) is 3.24. The second-order valence-corrected chi connectivity index (χ2v) is 6.77. The predicted octanol–water partition coefficient (Wildman–Crippen LogP) is 2.29. The molecule has 2 aromatic rings. The van der Waals surface area contributed by atoms with Crippen molar-refractivity contribution in [1.29, 1.82) is 0 Å². The van der Waals surface area contributed by atoms with E-state index in [1.165, 1.54) is 38.5 Å². The SMILES string of the molecule is COC(=O)C[C@H](c1ccc([N+](=O)[O-])cc1)[C@@H](NC(=O)[C@@H](OC)c1ccccc1)C(=O)OC. The predicted molar refractivity (Wildman–Crippen MR) is 113 cm³/mol. The molecule has 1 amide bonds. The van der Waals surface area contributed by atoms with Crippen molar-refractivity contribution in [2.45, 2.75) is 24.5 Å². The van der Waals surface area contributed by atoms with Crippen LogP contribution < -0.4 is 5.32 Å². The summed E-state index contributed by atoms with van der Waals surface area (Å²) in [6, 6.07) is 12.7. The lowest BCUT2D eigenvalue weighted by Gasteiger charge is -2.27. The molecule has 0 spiro atoms. The second kappa shape index (κ2) is 11.6. The summed E-state index contributed by atoms with van der Waals surface area (Å²) >= 11 is 0. The van der Waals surface area contributed by atoms with Crippen LogP contribution in [0.25, 0.3) is 0 Å². The fourth-order valence-electron chi connectivity index (χ4n) is 3.24. The molecule has 10 nitrogen and oxygen atoms in total. The molecule has 0 bridgehead atoms. The number of nitrogens with zero attached hydrogens (tertiary/aromatic N) is 1. The summed E-state index contributed by atoms with van der Waals surface area (Å²) in [5.41, 5.74) is 0.814. The number of benzene rings is 2. The van der Waals surface area contributed by atoms with Crippen LogP contribution in [0, 0.1) is 10.1 Å². The highest BCUT2D eigenvalue weighted by molar-refractivity contribution is 5.89. The second-order valence-electron chi connectivity index (χ2n) is 6.77. The van der Waals surface area contributed by atoms with Gasteiger partial charge in [-0.2, -0.15) is 0 Å². The van der Waals surface area contributed by atoms with Crippen molar-refractivity contribution in [3.63, 3.8) is 0 Å². The van der Waals surface area contributed by atoms with E-state index < -0.39 is 40.8 Å². The van der Waals surface area contributed by atoms with Crippen molar-refractivity contribution in [1.82, 2.24) is 5.32 Å². The Morgan fingerprint density at radius 2 is 1.56 bits per heavy atom. The first-order chi connectivity index (χ1) is 15.3. The molecule has 0 unspecified atom stereocenters. The van der Waals surface area contributed by atoms with Gasteiger partial charge in [-0.1, -0.05) is 42.5 Å². The van der Waals surface area contributed by atoms with Gasteiger partial charge in [0.15, 0.2) is 6.10 Å². The van der Waals surface area contributed by atoms with Crippen LogP contribution in [-0.2, 0) is 28.6 Å². The molecule has 170 valence electrons. The molecule has 32 heavy (non-hydrogen) atoms. The Morgan fingerprint density at radius 1 is 0.938 bits per heavy atom. The summed E-state index contributed by atoms with van der Waals surface area (Å²) in [6.07, 6.45) is -1.30. The molecule has 0 aromatic heterocycles. The highest BCUT2D eigenvalue weighted by Crippen LogP contribution is 2.28. The molecule has 0 saturated carbocycles. The number of esters is 2. The van der Waals surface area contributed by atoms with Gasteiger partial charge in [0.2, 0.25) is 0 Å². The third-order valence-corrected chi connectivity index (χ3v) is 4.88. The van der Waals surface area contributed by atoms with E-state index in [0.29, 0.717) is 11.1 Å². The number of nitro benzene ring substituents is 1. The average molecular weight is 444 g/mol. The van der Waals surface area contributed by atoms with Crippen LogP contribution in [-0.4, -0.2) is 50.1 Å². The normalized spacial score (nSPS) is 13.3. The van der Waals surface area contributed by atoms with Crippen LogP contribution in [0.1, 0.15) is 29.6 Å². The molecule has 1 N–H and O–H groups in total. The molecule has 10 heteroatoms. The Balaban J connectivity index is 2.41. The molecule has 0 aliphatic heterocycles. The van der Waals surface area contributed by atoms with Gasteiger partial charge in [0, 0.05) is 25.2 Å². The summed E-state index contributed by atoms with van der Waals surface area (Å²) in [5.74, 6) is -2.96. The third kappa shape index (κ3) is 6.11. The maximum Gasteiger partial charge on any atom is 0.329 e. The molecule has 0 heterocycles. The van der Waals surface area contributed by atoms with Crippen LogP contribution in [0.15, 0.2) is 54.6 Å². The van der Waals surface area contributed by atoms with Gasteiger partial charge in [-0.15, -0.1) is 0 Å². The van der Waals surface area contributed by atoms with Crippen molar-refractivity contribution >= 4 is 23.5 Å². The van der Waals surface area contributed by atoms with E-state index in [4.69, 9.17) is 14.2 Å². The van der Waals surface area contributed by atoms with Gasteiger partial charge in [-0.05, 0) is 11.1 Å². The van der Waals surface area contributed by atoms with Crippen molar-refractivity contribution in [2.24, 2.45) is 0 Å². The highest BCUT2D eigenvalue weighted by Gasteiger charge is 2.36. The number of carbonyl (C=O) groups excluding carboxylic acids is 3. The molecular weight excluding hydrogens is 420 g/mol. The van der Waals surface area contributed by atoms with E-state index in [1.54, 1.807) is 30.3 Å². The molecule has 0 aliphatic rings. The van der Waals surface area contributed by atoms with Gasteiger partial charge in [0.1, 0.15) is 6.04 Å². The number of ether oxygens (including phenoxy) is 3. The van der Waals surface area contributed by atoms with Crippen LogP contribution in [0.3, 0.4) is 0 Å². The number of hydrogen-bond acceptors (Lipinski definition) is 8. The number of nitrogens with one attached hydrogen (secondary N) is 1. The number of rotatable bonds is 10. The highest BCUT2D eigenvalue weighted by atomic mass is 16.6. The first-order valence-corrected chi connectivity index (χ1v) is 9.59. The van der Waals surface area contributed by atoms with E-state index in [1.807, 2.05) is 0 Å². The Hall–Kier alpha value is -3.79. The number of amides is 1. The van der Waals surface area contributed by atoms with E-state index in [9.17, 15) is 24.5 Å². The topological polar surface area (TPSA) is 134 Å². The third-order valence-electron chi connectivity index (χ3n) is 4.88. The molecule has 0 radical (unpaired) electrons. The summed E-state index contributed by atoms with van der Waals surface area (Å²) in [7, 11) is 3.70. The van der Waals surface area contributed by atoms with Gasteiger partial charge in [-0.25, -0.2) is 4.79 Å². The summed E-state index contributed by atoms with van der Waals surface area (Å²) in [6.45, 7) is 0. The maximum atomic E-state index is 13.0. The zero-order valence-electron chi connectivity index (χ0n) is 17.8. The van der Waals surface area contributed by atoms with E-state index in [2.05, 4.69) is 5.32 Å². The molecule has 2 aromatic carbocycles. The molecule has 0 aliphatic carbocycles. The Bertz CT molecular complexity index is 946. The summed E-state index contributed by atoms with van der Waals surface area (Å²) in [5, 5.41) is 13.6. The molecule has 0 fully saturated rings. The number of non-ortho nitro benzene ring substituents is 1. The quantitative estimate of drug-likeness (QED) is 0.335. The zero-order chi connectivity index (χ0) is 23.7. The Morgan fingerprint density at radius 3 is 2.06 bits per heavy atom. The lowest BCUT2D eigenvalue weighted by Crippen LogP contribution is -2.48. The van der Waals surface area contributed by atoms with E-state index in [0.717, 1.165) is 7.11 Å². The van der Waals surface area contributed by atoms with Crippen LogP contribution in [0.5, 0.6) is 0 Å². The van der Waals surface area contributed by atoms with Gasteiger partial charge >= 0.3 is 11.9 Å². The molecule has 0 saturated heterocycles. The monoisotopic (exact) mass is 444 g/mol. The molecular formula is C22H24N2O8. The lowest BCUT2D eigenvalue weighted by molar-refractivity contribution is -0.384. The van der Waals surface area contributed by atoms with Crippen molar-refractivity contribution < 1.29 is 33.5 Å². The number of hydrogen-bond donors (Lipinski definition) is 1. The number of carbonyl (C=O) groups is 3. The minimum absolute atomic E-state index is 0.159. The van der Waals surface area contributed by atoms with Crippen LogP contribution in [0.4, 0.5) is 5.69 Å². The Labute approximate surface area is 184 Å². The standard InChI is InChI=1S/C22H24N2O8/c1-30-18(25)13-17(14-9-11-16(12-10-14)24(28)29)19(22(27)32-3)23-21(26)20(31-2)15-7-5-4-6-8-15/h4-12,17,19-20H,13H2,1-3H3,(H,23,26)/t17-,19-,20+/m1/s1. The van der Waals surface area contributed by atoms with Gasteiger partial charge < -0.3 is 19.5 Å². The Kier molecular flexibility index (Phi) is 8.84. The van der Waals surface area contributed by atoms with E-state index in [-0.39, 0.29) is 12.1 Å². The summed E-state index contributed by atoms with van der Waals surface area (Å²) in [4.78, 5) is 48.1. The zero-order valence-corrected chi connectivity index (χ0v) is 17.8. The minimum atomic E-state index is -1.28. The first-order valence-electron chi connectivity index (χ1n) is 9.59. The smallest absolute Gasteiger partial charge is 0.329 e. The molecule has 2 rings (SSSR count). The van der Waals surface area contributed by atoms with Crippen molar-refractivity contribution in [3.8, 4) is 0 Å². The van der Waals surface area contributed by atoms with Crippen molar-refractivity contribution in [2.75, 3.05) is 21.3 Å². The van der Waals surface area contributed by atoms with Gasteiger partial charge in [0.05, 0.1) is 25.6 Å². The van der Waals surface area contributed by atoms with Crippen molar-refractivity contribution in [3.05, 3.63) is 75.8 Å². The van der Waals surface area contributed by atoms with Gasteiger partial charge in [0.25, 0.3) is 11.6 Å². The number of nitro groups is 1. The average Bonchev–Trinajstić information content (AvgIpc) is 2.81. The first kappa shape index (κ1) is 24.5. The fraction of sp³-hybridized carbons (Fsp3) is 0.318. The lowest BCUT2D eigenvalue weighted by atomic mass is 9.88. The van der Waals surface area contributed by atoms with E-state index >= 15 is 0 Å². The minimum Gasteiger partial charge on any atom is -0.469 e. The largest absolute Gasteiger partial charge is 0.469 e.